The summed E-state index contributed by atoms with van der Waals surface area (Å²) in [4.78, 5) is 2.61. The summed E-state index contributed by atoms with van der Waals surface area (Å²) in [5.41, 5.74) is 1.53. The zero-order valence-electron chi connectivity index (χ0n) is 11.2. The Morgan fingerprint density at radius 3 is 2.07 bits per heavy atom. The molecule has 0 aromatic rings. The molecular weight excluding hydrogens is 177 g/mol. The second-order valence-electron chi connectivity index (χ2n) is 4.44. The monoisotopic (exact) mass is 203 g/mol. The molecule has 0 saturated heterocycles. The van der Waals surface area contributed by atoms with Crippen molar-refractivity contribution in [3.8, 4) is 0 Å². The number of unbranched alkanes of at least 4 members (excludes halogenated alkanes) is 2. The van der Waals surface area contributed by atoms with Crippen molar-refractivity contribution in [2.45, 2.75) is 51.5 Å². The molecule has 0 heterocycles. The first-order valence-electron chi connectivity index (χ1n) is 6.62. The molecule has 0 aromatic carbocycles. The maximum atomic E-state index is 2.61. The molecule has 0 bridgehead atoms. The van der Waals surface area contributed by atoms with Crippen LogP contribution in [0.25, 0.3) is 0 Å². The van der Waals surface area contributed by atoms with E-state index < -0.39 is 0 Å². The summed E-state index contributed by atoms with van der Waals surface area (Å²) in [6, 6.07) is 0. The first kappa shape index (κ1) is 15.3. The Hall–Kier alpha value is 0.297. The van der Waals surface area contributed by atoms with Crippen molar-refractivity contribution in [2.24, 2.45) is 0 Å². The van der Waals surface area contributed by atoms with Crippen LogP contribution in [0.3, 0.4) is 0 Å². The van der Waals surface area contributed by atoms with Crippen molar-refractivity contribution in [1.29, 1.82) is 0 Å². The van der Waals surface area contributed by atoms with Crippen LogP contribution in [-0.4, -0.2) is 42.2 Å². The van der Waals surface area contributed by atoms with Crippen LogP contribution in [0.1, 0.15) is 46.5 Å². The maximum absolute atomic E-state index is 2.61. The van der Waals surface area contributed by atoms with Crippen LogP contribution >= 0.6 is 0 Å². The van der Waals surface area contributed by atoms with Crippen LogP contribution in [-0.2, 0) is 0 Å². The molecule has 2 heteroatoms. The van der Waals surface area contributed by atoms with Gasteiger partial charge in [0.15, 0.2) is 0 Å². The van der Waals surface area contributed by atoms with Crippen molar-refractivity contribution in [3.05, 3.63) is 11.6 Å². The average Bonchev–Trinajstić information content (AvgIpc) is 2.22. The average molecular weight is 203 g/mol. The molecule has 0 radical (unpaired) electrons. The molecule has 0 N–H and O–H groups in total. The fraction of sp³-hybridized carbons (Fsp3) is 0.846. The SMILES string of the molecule is [Li][CH2]C=C(C)CN(CCCC)CCCC. The molecule has 0 aliphatic heterocycles. The van der Waals surface area contributed by atoms with E-state index in [-0.39, 0.29) is 0 Å². The minimum absolute atomic E-state index is 1.17. The summed E-state index contributed by atoms with van der Waals surface area (Å²) in [6.07, 6.45) is 7.63. The van der Waals surface area contributed by atoms with Gasteiger partial charge in [0, 0.05) is 0 Å². The van der Waals surface area contributed by atoms with E-state index in [0.29, 0.717) is 0 Å². The van der Waals surface area contributed by atoms with E-state index in [1.807, 2.05) is 0 Å². The van der Waals surface area contributed by atoms with E-state index in [9.17, 15) is 0 Å². The van der Waals surface area contributed by atoms with E-state index in [1.165, 1.54) is 56.0 Å². The number of nitrogens with zero attached hydrogens (tertiary/aromatic N) is 1. The second-order valence-corrected chi connectivity index (χ2v) is 4.44. The first-order chi connectivity index (χ1) is 7.24. The molecule has 0 atom stereocenters. The van der Waals surface area contributed by atoms with Gasteiger partial charge in [-0.3, -0.25) is 0 Å². The Kier molecular flexibility index (Phi) is 11.0. The van der Waals surface area contributed by atoms with E-state index in [2.05, 4.69) is 49.5 Å². The Balaban J connectivity index is 3.92. The number of rotatable bonds is 9. The van der Waals surface area contributed by atoms with Gasteiger partial charge < -0.3 is 0 Å². The normalized spacial score (nSPS) is 12.5. The van der Waals surface area contributed by atoms with Crippen molar-refractivity contribution in [3.63, 3.8) is 0 Å². The fourth-order valence-electron chi connectivity index (χ4n) is 1.80. The number of hydrogen-bond donors (Lipinski definition) is 0. The van der Waals surface area contributed by atoms with Gasteiger partial charge >= 0.3 is 105 Å². The Labute approximate surface area is 106 Å². The summed E-state index contributed by atoms with van der Waals surface area (Å²) in [7, 11) is 0. The first-order valence-corrected chi connectivity index (χ1v) is 6.62. The Morgan fingerprint density at radius 2 is 1.67 bits per heavy atom. The molecule has 0 saturated carbocycles. The summed E-state index contributed by atoms with van der Waals surface area (Å²) >= 11 is 2.21. The zero-order valence-corrected chi connectivity index (χ0v) is 11.2. The fourth-order valence-corrected chi connectivity index (χ4v) is 1.80. The molecule has 0 fully saturated rings. The molecule has 0 spiro atoms. The van der Waals surface area contributed by atoms with E-state index >= 15 is 0 Å². The van der Waals surface area contributed by atoms with Gasteiger partial charge in [-0.05, 0) is 0 Å². The van der Waals surface area contributed by atoms with Crippen molar-refractivity contribution in [1.82, 2.24) is 4.90 Å². The summed E-state index contributed by atoms with van der Waals surface area (Å²) in [5, 5.41) is 1.17. The Morgan fingerprint density at radius 1 is 1.13 bits per heavy atom. The molecule has 0 aliphatic rings. The predicted octanol–water partition coefficient (Wildman–Crippen LogP) is 3.42. The van der Waals surface area contributed by atoms with Crippen LogP contribution in [0.4, 0.5) is 0 Å². The van der Waals surface area contributed by atoms with Gasteiger partial charge in [0.05, 0.1) is 0 Å². The minimum atomic E-state index is 1.17. The molecule has 0 rings (SSSR count). The molecule has 0 amide bonds. The Bertz CT molecular complexity index is 158. The molecule has 0 unspecified atom stereocenters. The van der Waals surface area contributed by atoms with Gasteiger partial charge in [0.2, 0.25) is 0 Å². The van der Waals surface area contributed by atoms with E-state index in [4.69, 9.17) is 0 Å². The van der Waals surface area contributed by atoms with Gasteiger partial charge in [-0.25, -0.2) is 0 Å². The molecule has 0 aliphatic carbocycles. The predicted molar refractivity (Wildman–Crippen MR) is 70.6 cm³/mol. The van der Waals surface area contributed by atoms with E-state index in [1.54, 1.807) is 0 Å². The molecule has 15 heavy (non-hydrogen) atoms. The van der Waals surface area contributed by atoms with Crippen LogP contribution in [0, 0.1) is 0 Å². The van der Waals surface area contributed by atoms with Crippen molar-refractivity contribution < 1.29 is 0 Å². The molecular formula is C13H26LiN. The standard InChI is InChI=1S/C13H26N.Li/c1-5-8-10-14(11-9-6-2)12-13(4)7-3;/h7H,3,5-6,8-12H2,1-2,4H3;. The third kappa shape index (κ3) is 9.24. The van der Waals surface area contributed by atoms with Crippen molar-refractivity contribution in [2.75, 3.05) is 19.6 Å². The van der Waals surface area contributed by atoms with Crippen LogP contribution < -0.4 is 0 Å². The summed E-state index contributed by atoms with van der Waals surface area (Å²) in [5.74, 6) is 0. The van der Waals surface area contributed by atoms with Gasteiger partial charge in [0.25, 0.3) is 0 Å². The summed E-state index contributed by atoms with van der Waals surface area (Å²) in [6.45, 7) is 10.5. The van der Waals surface area contributed by atoms with Crippen molar-refractivity contribution >= 4 is 17.7 Å². The topological polar surface area (TPSA) is 3.24 Å². The number of allylic oxidation sites excluding steroid dienone is 1. The molecule has 0 aromatic heterocycles. The molecule has 84 valence electrons. The third-order valence-electron chi connectivity index (χ3n) is 2.68. The van der Waals surface area contributed by atoms with Gasteiger partial charge in [-0.2, -0.15) is 0 Å². The van der Waals surface area contributed by atoms with Crippen LogP contribution in [0.15, 0.2) is 11.6 Å². The summed E-state index contributed by atoms with van der Waals surface area (Å²) < 4.78 is 0. The van der Waals surface area contributed by atoms with Gasteiger partial charge in [0.1, 0.15) is 0 Å². The third-order valence-corrected chi connectivity index (χ3v) is 2.68. The quantitative estimate of drug-likeness (QED) is 0.410. The van der Waals surface area contributed by atoms with Gasteiger partial charge in [-0.15, -0.1) is 0 Å². The molecule has 1 nitrogen and oxygen atoms in total. The van der Waals surface area contributed by atoms with Crippen LogP contribution in [0.5, 0.6) is 0 Å². The zero-order chi connectivity index (χ0) is 11.5. The van der Waals surface area contributed by atoms with Gasteiger partial charge in [-0.1, -0.05) is 0 Å². The van der Waals surface area contributed by atoms with Crippen LogP contribution in [0.2, 0.25) is 5.09 Å². The second kappa shape index (κ2) is 10.8. The number of hydrogen-bond acceptors (Lipinski definition) is 1. The van der Waals surface area contributed by atoms with E-state index in [0.717, 1.165) is 0 Å².